The van der Waals surface area contributed by atoms with Crippen LogP contribution in [0.3, 0.4) is 0 Å². The molecule has 0 spiro atoms. The second-order valence-corrected chi connectivity index (χ2v) is 13.3. The van der Waals surface area contributed by atoms with E-state index in [0.717, 1.165) is 64.7 Å². The van der Waals surface area contributed by atoms with Crippen molar-refractivity contribution < 1.29 is 15.0 Å². The van der Waals surface area contributed by atoms with Crippen molar-refractivity contribution in [2.75, 3.05) is 5.75 Å². The van der Waals surface area contributed by atoms with E-state index < -0.39 is 11.6 Å². The fourth-order valence-corrected chi connectivity index (χ4v) is 7.09. The van der Waals surface area contributed by atoms with E-state index in [0.29, 0.717) is 5.02 Å². The van der Waals surface area contributed by atoms with Gasteiger partial charge in [0.25, 0.3) is 0 Å². The van der Waals surface area contributed by atoms with Crippen molar-refractivity contribution in [3.05, 3.63) is 112 Å². The molecule has 1 fully saturated rings. The predicted octanol–water partition coefficient (Wildman–Crippen LogP) is 8.30. The molecular formula is C35H37ClKNO3S. The molecule has 3 aromatic carbocycles. The molecule has 4 aromatic rings. The number of fused-ring (bicyclic) bond motifs is 1. The number of aromatic nitrogens is 1. The van der Waals surface area contributed by atoms with Crippen LogP contribution in [0.2, 0.25) is 5.02 Å². The molecule has 7 heteroatoms. The molecular weight excluding hydrogens is 589 g/mol. The predicted molar refractivity (Wildman–Crippen MR) is 178 cm³/mol. The molecule has 4 nitrogen and oxygen atoms in total. The molecule has 1 atom stereocenters. The summed E-state index contributed by atoms with van der Waals surface area (Å²) in [5, 5.41) is 22.1. The quantitative estimate of drug-likeness (QED) is 0.155. The van der Waals surface area contributed by atoms with Gasteiger partial charge >= 0.3 is 57.4 Å². The molecule has 1 aliphatic rings. The summed E-state index contributed by atoms with van der Waals surface area (Å²) in [6.45, 7) is 3.66. The topological polar surface area (TPSA) is 70.4 Å². The zero-order valence-electron chi connectivity index (χ0n) is 23.5. The van der Waals surface area contributed by atoms with Gasteiger partial charge in [-0.1, -0.05) is 78.3 Å². The monoisotopic (exact) mass is 625 g/mol. The second kappa shape index (κ2) is 14.5. The Balaban J connectivity index is 0.00000405. The van der Waals surface area contributed by atoms with E-state index in [4.69, 9.17) is 16.6 Å². The molecule has 42 heavy (non-hydrogen) atoms. The van der Waals surface area contributed by atoms with Crippen LogP contribution in [0.1, 0.15) is 72.7 Å². The van der Waals surface area contributed by atoms with E-state index in [2.05, 4.69) is 42.5 Å². The Morgan fingerprint density at radius 1 is 1.05 bits per heavy atom. The van der Waals surface area contributed by atoms with Crippen LogP contribution in [0, 0.1) is 5.41 Å². The van der Waals surface area contributed by atoms with E-state index in [-0.39, 0.29) is 68.5 Å². The van der Waals surface area contributed by atoms with Gasteiger partial charge < -0.3 is 10.2 Å². The molecule has 0 saturated heterocycles. The summed E-state index contributed by atoms with van der Waals surface area (Å²) in [5.41, 5.74) is 5.15. The van der Waals surface area contributed by atoms with E-state index in [1.165, 1.54) is 5.56 Å². The minimum atomic E-state index is -0.911. The number of hydrogen-bond donors (Lipinski definition) is 2. The Morgan fingerprint density at radius 2 is 1.81 bits per heavy atom. The molecule has 1 heterocycles. The Morgan fingerprint density at radius 3 is 2.55 bits per heavy atom. The fraction of sp³-hybridized carbons (Fsp3) is 0.314. The summed E-state index contributed by atoms with van der Waals surface area (Å²) < 4.78 is 0. The van der Waals surface area contributed by atoms with Gasteiger partial charge in [0.1, 0.15) is 0 Å². The van der Waals surface area contributed by atoms with Crippen LogP contribution in [0.25, 0.3) is 23.1 Å². The van der Waals surface area contributed by atoms with Gasteiger partial charge in [-0.05, 0) is 91.5 Å². The SMILES string of the molecule is CC(C)(O)c1ccccc1CCC(SCC1(CC(=O)O)CC1)c1cccc(/C=C/c2ccc3ccc(Cl)cc3n2)c1.[KH]. The molecule has 1 unspecified atom stereocenters. The van der Waals surface area contributed by atoms with Crippen molar-refractivity contribution in [2.45, 2.75) is 56.8 Å². The number of aliphatic hydroxyl groups is 1. The van der Waals surface area contributed by atoms with Gasteiger partial charge in [0.05, 0.1) is 23.2 Å². The number of rotatable bonds is 12. The molecule has 2 N–H and O–H groups in total. The zero-order valence-corrected chi connectivity index (χ0v) is 25.1. The molecule has 5 rings (SSSR count). The number of pyridine rings is 1. The number of hydrogen-bond acceptors (Lipinski definition) is 4. The number of halogens is 1. The van der Waals surface area contributed by atoms with E-state index in [1.807, 2.05) is 74.1 Å². The fourth-order valence-electron chi connectivity index (χ4n) is 5.36. The summed E-state index contributed by atoms with van der Waals surface area (Å²) in [6.07, 6.45) is 8.02. The third kappa shape index (κ3) is 9.02. The van der Waals surface area contributed by atoms with Crippen LogP contribution in [-0.2, 0) is 16.8 Å². The number of aryl methyl sites for hydroxylation is 1. The molecule has 0 bridgehead atoms. The molecule has 1 saturated carbocycles. The third-order valence-electron chi connectivity index (χ3n) is 7.83. The van der Waals surface area contributed by atoms with Gasteiger partial charge in [-0.25, -0.2) is 4.98 Å². The first-order valence-corrected chi connectivity index (χ1v) is 15.5. The molecule has 0 amide bonds. The van der Waals surface area contributed by atoms with Crippen molar-refractivity contribution in [3.63, 3.8) is 0 Å². The molecule has 0 radical (unpaired) electrons. The number of carboxylic acid groups (broad SMARTS) is 1. The summed E-state index contributed by atoms with van der Waals surface area (Å²) in [5.74, 6) is 0.122. The van der Waals surface area contributed by atoms with Gasteiger partial charge in [-0.15, -0.1) is 0 Å². The number of carboxylic acids is 1. The van der Waals surface area contributed by atoms with Gasteiger partial charge in [0.2, 0.25) is 0 Å². The first-order chi connectivity index (χ1) is 19.6. The number of carbonyl (C=O) groups is 1. The van der Waals surface area contributed by atoms with Crippen LogP contribution >= 0.6 is 23.4 Å². The van der Waals surface area contributed by atoms with Crippen LogP contribution in [0.4, 0.5) is 0 Å². The second-order valence-electron chi connectivity index (χ2n) is 11.7. The molecule has 0 aliphatic heterocycles. The maximum atomic E-state index is 11.5. The normalized spacial score (nSPS) is 15.0. The number of benzene rings is 3. The first-order valence-electron chi connectivity index (χ1n) is 14.1. The van der Waals surface area contributed by atoms with Gasteiger partial charge in [-0.2, -0.15) is 11.8 Å². The first kappa shape index (κ1) is 33.4. The van der Waals surface area contributed by atoms with E-state index >= 15 is 0 Å². The maximum absolute atomic E-state index is 11.5. The van der Waals surface area contributed by atoms with Crippen molar-refractivity contribution in [1.29, 1.82) is 0 Å². The number of nitrogens with zero attached hydrogens (tertiary/aromatic N) is 1. The van der Waals surface area contributed by atoms with E-state index in [1.54, 1.807) is 0 Å². The van der Waals surface area contributed by atoms with Crippen molar-refractivity contribution in [3.8, 4) is 0 Å². The van der Waals surface area contributed by atoms with Crippen LogP contribution in [0.5, 0.6) is 0 Å². The van der Waals surface area contributed by atoms with Crippen LogP contribution < -0.4 is 0 Å². The van der Waals surface area contributed by atoms with Crippen molar-refractivity contribution in [1.82, 2.24) is 4.98 Å². The van der Waals surface area contributed by atoms with Gasteiger partial charge in [0, 0.05) is 21.4 Å². The number of thioether (sulfide) groups is 1. The average Bonchev–Trinajstić information content (AvgIpc) is 3.70. The van der Waals surface area contributed by atoms with Gasteiger partial charge in [-0.3, -0.25) is 4.79 Å². The molecule has 214 valence electrons. The van der Waals surface area contributed by atoms with Crippen LogP contribution in [0.15, 0.2) is 78.9 Å². The van der Waals surface area contributed by atoms with E-state index in [9.17, 15) is 15.0 Å². The summed E-state index contributed by atoms with van der Waals surface area (Å²) in [6, 6.07) is 26.5. The third-order valence-corrected chi connectivity index (χ3v) is 9.76. The minimum absolute atomic E-state index is 0. The summed E-state index contributed by atoms with van der Waals surface area (Å²) >= 11 is 8.04. The molecule has 1 aromatic heterocycles. The summed E-state index contributed by atoms with van der Waals surface area (Å²) in [4.78, 5) is 16.2. The molecule has 1 aliphatic carbocycles. The Labute approximate surface area is 300 Å². The number of aliphatic carboxylic acids is 1. The summed E-state index contributed by atoms with van der Waals surface area (Å²) in [7, 11) is 0. The van der Waals surface area contributed by atoms with Crippen molar-refractivity contribution in [2.24, 2.45) is 5.41 Å². The van der Waals surface area contributed by atoms with Crippen LogP contribution in [-0.4, -0.2) is 78.3 Å². The Kier molecular flexibility index (Phi) is 11.6. The zero-order chi connectivity index (χ0) is 29.0. The van der Waals surface area contributed by atoms with Crippen molar-refractivity contribution >= 4 is 104 Å². The van der Waals surface area contributed by atoms with Gasteiger partial charge in [0.15, 0.2) is 0 Å². The standard InChI is InChI=1S/C35H36ClNO3S.K.H/c1-34(2,40)30-9-4-3-7-25(30)13-17-32(41-23-35(18-19-35)22-33(38)39)27-8-5-6-24(20-27)10-15-29-16-12-26-11-14-28(36)21-31(26)37-29;;/h3-12,14-16,20-21,32,40H,13,17-19,22-23H2,1-2H3,(H,38,39);;/b15-10+;;. The average molecular weight is 626 g/mol. The Bertz CT molecular complexity index is 1580. The Hall–Kier alpha value is -1.48.